The van der Waals surface area contributed by atoms with Crippen LogP contribution < -0.4 is 10.6 Å². The number of rotatable bonds is 5. The Balaban J connectivity index is 1.88. The van der Waals surface area contributed by atoms with Gasteiger partial charge in [-0.1, -0.05) is 11.6 Å². The van der Waals surface area contributed by atoms with Crippen LogP contribution in [-0.4, -0.2) is 23.7 Å². The number of hydrogen-bond acceptors (Lipinski definition) is 3. The molecule has 2 aromatic rings. The van der Waals surface area contributed by atoms with E-state index in [1.165, 1.54) is 18.2 Å². The van der Waals surface area contributed by atoms with Gasteiger partial charge in [-0.25, -0.2) is 9.59 Å². The van der Waals surface area contributed by atoms with Gasteiger partial charge >= 0.3 is 12.0 Å². The van der Waals surface area contributed by atoms with Gasteiger partial charge in [-0.05, 0) is 47.0 Å². The molecular formula is C14H13ClN2O3S. The van der Waals surface area contributed by atoms with Crippen molar-refractivity contribution >= 4 is 40.6 Å². The van der Waals surface area contributed by atoms with Crippen molar-refractivity contribution in [2.45, 2.75) is 6.42 Å². The summed E-state index contributed by atoms with van der Waals surface area (Å²) >= 11 is 7.42. The van der Waals surface area contributed by atoms with E-state index in [0.29, 0.717) is 12.2 Å². The van der Waals surface area contributed by atoms with E-state index in [0.717, 1.165) is 12.0 Å². The van der Waals surface area contributed by atoms with Gasteiger partial charge in [0.25, 0.3) is 0 Å². The summed E-state index contributed by atoms with van der Waals surface area (Å²) in [6, 6.07) is 5.77. The Morgan fingerprint density at radius 1 is 1.29 bits per heavy atom. The van der Waals surface area contributed by atoms with Gasteiger partial charge in [-0.3, -0.25) is 0 Å². The van der Waals surface area contributed by atoms with Gasteiger partial charge in [0.1, 0.15) is 0 Å². The SMILES string of the molecule is O=C(NCCc1ccsc1)Nc1cc(Cl)cc(C(=O)O)c1. The molecule has 0 unspecified atom stereocenters. The van der Waals surface area contributed by atoms with Gasteiger partial charge in [-0.15, -0.1) is 0 Å². The van der Waals surface area contributed by atoms with Crippen molar-refractivity contribution < 1.29 is 14.7 Å². The topological polar surface area (TPSA) is 78.4 Å². The first kappa shape index (κ1) is 15.3. The number of thiophene rings is 1. The third-order valence-electron chi connectivity index (χ3n) is 2.68. The predicted octanol–water partition coefficient (Wildman–Crippen LogP) is 3.46. The fourth-order valence-electron chi connectivity index (χ4n) is 1.72. The first-order valence-electron chi connectivity index (χ1n) is 6.14. The summed E-state index contributed by atoms with van der Waals surface area (Å²) in [5.41, 5.74) is 1.53. The van der Waals surface area contributed by atoms with Crippen molar-refractivity contribution in [1.82, 2.24) is 5.32 Å². The number of aromatic carboxylic acids is 1. The van der Waals surface area contributed by atoms with Crippen LogP contribution in [0, 0.1) is 0 Å². The highest BCUT2D eigenvalue weighted by Crippen LogP contribution is 2.19. The van der Waals surface area contributed by atoms with Crippen LogP contribution in [0.4, 0.5) is 10.5 Å². The molecule has 21 heavy (non-hydrogen) atoms. The Kier molecular flexibility index (Phi) is 5.19. The lowest BCUT2D eigenvalue weighted by Gasteiger charge is -2.08. The summed E-state index contributed by atoms with van der Waals surface area (Å²) in [4.78, 5) is 22.6. The van der Waals surface area contributed by atoms with Gasteiger partial charge in [0, 0.05) is 17.3 Å². The lowest BCUT2D eigenvalue weighted by atomic mass is 10.2. The number of nitrogens with one attached hydrogen (secondary N) is 2. The van der Waals surface area contributed by atoms with Gasteiger partial charge in [0.05, 0.1) is 5.56 Å². The fourth-order valence-corrected chi connectivity index (χ4v) is 2.65. The number of halogens is 1. The van der Waals surface area contributed by atoms with Crippen molar-refractivity contribution in [2.24, 2.45) is 0 Å². The predicted molar refractivity (Wildman–Crippen MR) is 83.5 cm³/mol. The minimum atomic E-state index is -1.10. The molecule has 0 fully saturated rings. The van der Waals surface area contributed by atoms with Crippen LogP contribution in [0.1, 0.15) is 15.9 Å². The van der Waals surface area contributed by atoms with E-state index in [4.69, 9.17) is 16.7 Å². The molecule has 5 nitrogen and oxygen atoms in total. The van der Waals surface area contributed by atoms with Gasteiger partial charge in [0.15, 0.2) is 0 Å². The molecule has 0 aliphatic rings. The summed E-state index contributed by atoms with van der Waals surface area (Å²) < 4.78 is 0. The first-order valence-corrected chi connectivity index (χ1v) is 7.46. The second-order valence-electron chi connectivity index (χ2n) is 4.30. The molecule has 2 amide bonds. The molecule has 0 aliphatic heterocycles. The molecular weight excluding hydrogens is 312 g/mol. The Morgan fingerprint density at radius 2 is 2.10 bits per heavy atom. The van der Waals surface area contributed by atoms with Crippen molar-refractivity contribution in [3.8, 4) is 0 Å². The third-order valence-corrected chi connectivity index (χ3v) is 3.63. The van der Waals surface area contributed by atoms with Gasteiger partial charge < -0.3 is 15.7 Å². The van der Waals surface area contributed by atoms with Crippen LogP contribution in [0.5, 0.6) is 0 Å². The highest BCUT2D eigenvalue weighted by atomic mass is 35.5. The minimum absolute atomic E-state index is 0.0241. The van der Waals surface area contributed by atoms with Gasteiger partial charge in [-0.2, -0.15) is 11.3 Å². The highest BCUT2D eigenvalue weighted by molar-refractivity contribution is 7.07. The number of carbonyl (C=O) groups is 2. The summed E-state index contributed by atoms with van der Waals surface area (Å²) in [5.74, 6) is -1.10. The number of carbonyl (C=O) groups excluding carboxylic acids is 1. The van der Waals surface area contributed by atoms with Crippen LogP contribution in [0.25, 0.3) is 0 Å². The molecule has 0 atom stereocenters. The molecule has 0 saturated carbocycles. The Hall–Kier alpha value is -2.05. The minimum Gasteiger partial charge on any atom is -0.478 e. The average molecular weight is 325 g/mol. The van der Waals surface area contributed by atoms with Gasteiger partial charge in [0.2, 0.25) is 0 Å². The Morgan fingerprint density at radius 3 is 2.76 bits per heavy atom. The van der Waals surface area contributed by atoms with Crippen LogP contribution in [0.15, 0.2) is 35.0 Å². The second-order valence-corrected chi connectivity index (χ2v) is 5.51. The fraction of sp³-hybridized carbons (Fsp3) is 0.143. The molecule has 0 saturated heterocycles. The number of hydrogen-bond donors (Lipinski definition) is 3. The quantitative estimate of drug-likeness (QED) is 0.788. The molecule has 2 rings (SSSR count). The van der Waals surface area contributed by atoms with E-state index in [1.54, 1.807) is 11.3 Å². The van der Waals surface area contributed by atoms with Crippen LogP contribution in [-0.2, 0) is 6.42 Å². The molecule has 3 N–H and O–H groups in total. The summed E-state index contributed by atoms with van der Waals surface area (Å²) in [6.07, 6.45) is 0.743. The molecule has 7 heteroatoms. The van der Waals surface area contributed by atoms with Crippen molar-refractivity contribution in [3.63, 3.8) is 0 Å². The van der Waals surface area contributed by atoms with E-state index in [-0.39, 0.29) is 10.6 Å². The van der Waals surface area contributed by atoms with E-state index in [1.807, 2.05) is 16.8 Å². The number of carboxylic acids is 1. The van der Waals surface area contributed by atoms with Crippen molar-refractivity contribution in [3.05, 3.63) is 51.2 Å². The maximum absolute atomic E-state index is 11.7. The zero-order valence-corrected chi connectivity index (χ0v) is 12.5. The van der Waals surface area contributed by atoms with E-state index in [9.17, 15) is 9.59 Å². The second kappa shape index (κ2) is 7.10. The van der Waals surface area contributed by atoms with Crippen LogP contribution >= 0.6 is 22.9 Å². The lowest BCUT2D eigenvalue weighted by Crippen LogP contribution is -2.30. The largest absolute Gasteiger partial charge is 0.478 e. The zero-order chi connectivity index (χ0) is 15.2. The summed E-state index contributed by atoms with van der Waals surface area (Å²) in [6.45, 7) is 0.495. The smallest absolute Gasteiger partial charge is 0.335 e. The van der Waals surface area contributed by atoms with Crippen molar-refractivity contribution in [2.75, 3.05) is 11.9 Å². The summed E-state index contributed by atoms with van der Waals surface area (Å²) in [7, 11) is 0. The monoisotopic (exact) mass is 324 g/mol. The molecule has 1 aromatic carbocycles. The molecule has 0 radical (unpaired) electrons. The number of anilines is 1. The molecule has 0 bridgehead atoms. The van der Waals surface area contributed by atoms with Crippen molar-refractivity contribution in [1.29, 1.82) is 0 Å². The highest BCUT2D eigenvalue weighted by Gasteiger charge is 2.08. The Bertz CT molecular complexity index is 644. The maximum atomic E-state index is 11.7. The van der Waals surface area contributed by atoms with E-state index < -0.39 is 12.0 Å². The van der Waals surface area contributed by atoms with Crippen LogP contribution in [0.3, 0.4) is 0 Å². The average Bonchev–Trinajstić information content (AvgIpc) is 2.91. The molecule has 1 aromatic heterocycles. The molecule has 0 aliphatic carbocycles. The third kappa shape index (κ3) is 4.77. The number of carboxylic acid groups (broad SMARTS) is 1. The maximum Gasteiger partial charge on any atom is 0.335 e. The molecule has 0 spiro atoms. The van der Waals surface area contributed by atoms with E-state index >= 15 is 0 Å². The Labute approximate surface area is 130 Å². The summed E-state index contributed by atoms with van der Waals surface area (Å²) in [5, 5.41) is 18.5. The number of amides is 2. The lowest BCUT2D eigenvalue weighted by molar-refractivity contribution is 0.0697. The molecule has 1 heterocycles. The van der Waals surface area contributed by atoms with Crippen LogP contribution in [0.2, 0.25) is 5.02 Å². The molecule has 110 valence electrons. The standard InChI is InChI=1S/C14H13ClN2O3S/c15-11-5-10(13(18)19)6-12(7-11)17-14(20)16-3-1-9-2-4-21-8-9/h2,4-8H,1,3H2,(H,18,19)(H2,16,17,20). The zero-order valence-electron chi connectivity index (χ0n) is 10.9. The normalized spacial score (nSPS) is 10.1. The number of benzene rings is 1. The van der Waals surface area contributed by atoms with E-state index in [2.05, 4.69) is 10.6 Å². The number of urea groups is 1. The first-order chi connectivity index (χ1) is 10.0.